The second-order valence-electron chi connectivity index (χ2n) is 14.5. The summed E-state index contributed by atoms with van der Waals surface area (Å²) in [5, 5.41) is 13.3. The summed E-state index contributed by atoms with van der Waals surface area (Å²) in [5.74, 6) is -1.10. The van der Waals surface area contributed by atoms with Crippen LogP contribution in [0.15, 0.2) is 54.7 Å². The molecular weight excluding hydrogens is 680 g/mol. The van der Waals surface area contributed by atoms with Crippen LogP contribution in [0, 0.1) is 11.3 Å². The molecule has 4 aromatic rings. The van der Waals surface area contributed by atoms with Crippen LogP contribution in [0.1, 0.15) is 84.8 Å². The first kappa shape index (κ1) is 35.1. The minimum atomic E-state index is -2.69. The maximum Gasteiger partial charge on any atom is 0.270 e. The number of aromatic nitrogens is 4. The molecule has 4 N–H and O–H groups in total. The standard InChI is InChI=1S/C37H42ClF2N7O4/c1-36(13-14-36)29(23-8-3-4-9-24(23)38)31(45-33(48)27-12-16-42-47(27)2)32-43-25-11-10-22(18-26(25)44-32)37(15-17-51-20-37)35(50)46-30(21-6-5-7-21)34(49)41-19-28(39)40/h3-4,8-12,16,18,21,28-31H,5-7,13-15,17,19-20H2,1-2H3,(H,41,49)(H,43,44)(H,45,48)(H,46,50)/t29-,30+,31-,37?/m0/s1. The van der Waals surface area contributed by atoms with E-state index in [9.17, 15) is 23.2 Å². The number of hydrogen-bond donors (Lipinski definition) is 4. The fraction of sp³-hybridized carbons (Fsp3) is 0.486. The quantitative estimate of drug-likeness (QED) is 0.147. The molecule has 1 aliphatic heterocycles. The molecule has 3 fully saturated rings. The van der Waals surface area contributed by atoms with Crippen LogP contribution in [0.5, 0.6) is 0 Å². The summed E-state index contributed by atoms with van der Waals surface area (Å²) in [6.07, 6.45) is 3.52. The minimum absolute atomic E-state index is 0.0949. The maximum atomic E-state index is 14.2. The van der Waals surface area contributed by atoms with Crippen molar-refractivity contribution in [1.29, 1.82) is 0 Å². The second-order valence-corrected chi connectivity index (χ2v) is 14.9. The van der Waals surface area contributed by atoms with Gasteiger partial charge >= 0.3 is 0 Å². The van der Waals surface area contributed by atoms with E-state index in [2.05, 4.69) is 33.0 Å². The molecule has 2 aliphatic carbocycles. The number of carbonyl (C=O) groups excluding carboxylic acids is 3. The van der Waals surface area contributed by atoms with E-state index in [-0.39, 0.29) is 35.7 Å². The summed E-state index contributed by atoms with van der Waals surface area (Å²) < 4.78 is 33.1. The first-order chi connectivity index (χ1) is 24.5. The molecule has 4 atom stereocenters. The normalized spacial score (nSPS) is 21.5. The number of H-pyrrole nitrogens is 1. The molecule has 0 spiro atoms. The third-order valence-corrected chi connectivity index (χ3v) is 11.5. The van der Waals surface area contributed by atoms with Gasteiger partial charge in [0.05, 0.1) is 35.6 Å². The van der Waals surface area contributed by atoms with Gasteiger partial charge in [0, 0.05) is 30.8 Å². The van der Waals surface area contributed by atoms with Gasteiger partial charge in [-0.3, -0.25) is 19.1 Å². The lowest BCUT2D eigenvalue weighted by atomic mass is 9.76. The smallest absolute Gasteiger partial charge is 0.270 e. The van der Waals surface area contributed by atoms with E-state index < -0.39 is 36.4 Å². The average molecular weight is 722 g/mol. The van der Waals surface area contributed by atoms with Crippen LogP contribution in [-0.2, 0) is 26.8 Å². The van der Waals surface area contributed by atoms with Crippen molar-refractivity contribution in [3.05, 3.63) is 82.4 Å². The van der Waals surface area contributed by atoms with Crippen LogP contribution in [0.4, 0.5) is 8.78 Å². The van der Waals surface area contributed by atoms with Gasteiger partial charge in [-0.1, -0.05) is 49.2 Å². The Morgan fingerprint density at radius 2 is 1.88 bits per heavy atom. The zero-order valence-electron chi connectivity index (χ0n) is 28.6. The third kappa shape index (κ3) is 6.85. The Morgan fingerprint density at radius 1 is 1.10 bits per heavy atom. The summed E-state index contributed by atoms with van der Waals surface area (Å²) in [4.78, 5) is 49.4. The highest BCUT2D eigenvalue weighted by molar-refractivity contribution is 6.31. The monoisotopic (exact) mass is 721 g/mol. The molecule has 270 valence electrons. The molecule has 2 aromatic heterocycles. The number of halogens is 3. The van der Waals surface area contributed by atoms with Crippen molar-refractivity contribution in [1.82, 2.24) is 35.7 Å². The van der Waals surface area contributed by atoms with E-state index >= 15 is 0 Å². The number of imidazole rings is 1. The van der Waals surface area contributed by atoms with Gasteiger partial charge in [0.2, 0.25) is 11.8 Å². The van der Waals surface area contributed by atoms with Gasteiger partial charge in [0.25, 0.3) is 12.3 Å². The molecule has 7 rings (SSSR count). The SMILES string of the molecule is Cn1nccc1C(=O)N[C@H](c1nc2ccc(C3(C(=O)N[C@@H](C(=O)NCC(F)F)C4CCC4)CCOC3)cc2[nH]1)[C@H](c1ccccc1Cl)C1(C)CC1. The summed E-state index contributed by atoms with van der Waals surface area (Å²) in [6.45, 7) is 1.85. The van der Waals surface area contributed by atoms with Crippen LogP contribution >= 0.6 is 11.6 Å². The lowest BCUT2D eigenvalue weighted by Crippen LogP contribution is -2.57. The van der Waals surface area contributed by atoms with Gasteiger partial charge < -0.3 is 25.7 Å². The van der Waals surface area contributed by atoms with Crippen LogP contribution in [-0.4, -0.2) is 69.7 Å². The van der Waals surface area contributed by atoms with Gasteiger partial charge in [-0.25, -0.2) is 13.8 Å². The van der Waals surface area contributed by atoms with E-state index in [1.54, 1.807) is 19.3 Å². The molecule has 3 aliphatic rings. The third-order valence-electron chi connectivity index (χ3n) is 11.1. The highest BCUT2D eigenvalue weighted by Gasteiger charge is 2.51. The lowest BCUT2D eigenvalue weighted by molar-refractivity contribution is -0.134. The summed E-state index contributed by atoms with van der Waals surface area (Å²) >= 11 is 6.82. The number of nitrogens with one attached hydrogen (secondary N) is 4. The van der Waals surface area contributed by atoms with Crippen LogP contribution in [0.2, 0.25) is 5.02 Å². The van der Waals surface area contributed by atoms with Crippen LogP contribution in [0.3, 0.4) is 0 Å². The number of ether oxygens (including phenoxy) is 1. The number of carbonyl (C=O) groups is 3. The van der Waals surface area contributed by atoms with Crippen LogP contribution < -0.4 is 16.0 Å². The largest absolute Gasteiger partial charge is 0.380 e. The molecule has 1 unspecified atom stereocenters. The van der Waals surface area contributed by atoms with Crippen molar-refractivity contribution in [3.63, 3.8) is 0 Å². The highest BCUT2D eigenvalue weighted by atomic mass is 35.5. The molecule has 0 bridgehead atoms. The van der Waals surface area contributed by atoms with Gasteiger partial charge in [-0.15, -0.1) is 0 Å². The Kier molecular flexibility index (Phi) is 9.61. The first-order valence-electron chi connectivity index (χ1n) is 17.5. The predicted molar refractivity (Wildman–Crippen MR) is 186 cm³/mol. The minimum Gasteiger partial charge on any atom is -0.380 e. The Bertz CT molecular complexity index is 1930. The molecule has 0 radical (unpaired) electrons. The van der Waals surface area contributed by atoms with Crippen molar-refractivity contribution in [2.75, 3.05) is 19.8 Å². The summed E-state index contributed by atoms with van der Waals surface area (Å²) in [5.41, 5.74) is 2.02. The predicted octanol–water partition coefficient (Wildman–Crippen LogP) is 5.33. The Labute approximate surface area is 299 Å². The molecular formula is C37H42ClF2N7O4. The number of aryl methyl sites for hydroxylation is 1. The molecule has 2 aromatic carbocycles. The average Bonchev–Trinajstić information content (AvgIpc) is 3.47. The van der Waals surface area contributed by atoms with E-state index in [4.69, 9.17) is 21.3 Å². The van der Waals surface area contributed by atoms with Gasteiger partial charge in [-0.05, 0) is 78.8 Å². The summed E-state index contributed by atoms with van der Waals surface area (Å²) in [6, 6.07) is 13.4. The van der Waals surface area contributed by atoms with E-state index in [1.165, 1.54) is 4.68 Å². The number of fused-ring (bicyclic) bond motifs is 1. The van der Waals surface area contributed by atoms with Gasteiger partial charge in [-0.2, -0.15) is 5.10 Å². The van der Waals surface area contributed by atoms with Crippen LogP contribution in [0.25, 0.3) is 11.0 Å². The molecule has 2 saturated carbocycles. The van der Waals surface area contributed by atoms with Crippen molar-refractivity contribution in [2.45, 2.75) is 75.3 Å². The molecule has 3 heterocycles. The number of rotatable bonds is 13. The molecule has 1 saturated heterocycles. The fourth-order valence-corrected chi connectivity index (χ4v) is 7.88. The maximum absolute atomic E-state index is 14.2. The number of hydrogen-bond acceptors (Lipinski definition) is 6. The number of benzene rings is 2. The first-order valence-corrected chi connectivity index (χ1v) is 17.8. The summed E-state index contributed by atoms with van der Waals surface area (Å²) in [7, 11) is 1.71. The van der Waals surface area contributed by atoms with E-state index in [1.807, 2.05) is 42.5 Å². The highest BCUT2D eigenvalue weighted by Crippen LogP contribution is 2.60. The molecule has 11 nitrogen and oxygen atoms in total. The molecule has 14 heteroatoms. The zero-order valence-corrected chi connectivity index (χ0v) is 29.3. The number of nitrogens with zero attached hydrogens (tertiary/aromatic N) is 3. The fourth-order valence-electron chi connectivity index (χ4n) is 7.63. The number of aromatic amines is 1. The van der Waals surface area contributed by atoms with Crippen molar-refractivity contribution < 1.29 is 27.9 Å². The number of amides is 3. The van der Waals surface area contributed by atoms with Gasteiger partial charge in [0.15, 0.2) is 0 Å². The van der Waals surface area contributed by atoms with E-state index in [0.717, 1.165) is 37.7 Å². The number of alkyl halides is 2. The Hall–Kier alpha value is -4.36. The van der Waals surface area contributed by atoms with Crippen molar-refractivity contribution >= 4 is 40.4 Å². The lowest BCUT2D eigenvalue weighted by Gasteiger charge is -2.36. The molecule has 51 heavy (non-hydrogen) atoms. The van der Waals surface area contributed by atoms with Crippen molar-refractivity contribution in [2.24, 2.45) is 18.4 Å². The van der Waals surface area contributed by atoms with Crippen molar-refractivity contribution in [3.8, 4) is 0 Å². The second kappa shape index (κ2) is 14.0. The topological polar surface area (TPSA) is 143 Å². The molecule has 3 amide bonds. The van der Waals surface area contributed by atoms with E-state index in [0.29, 0.717) is 46.2 Å². The Morgan fingerprint density at radius 3 is 2.51 bits per heavy atom. The van der Waals surface area contributed by atoms with Gasteiger partial charge in [0.1, 0.15) is 17.6 Å². The Balaban J connectivity index is 1.24. The zero-order chi connectivity index (χ0) is 35.9.